The summed E-state index contributed by atoms with van der Waals surface area (Å²) in [4.78, 5) is 0. The number of rotatable bonds is 3. The first kappa shape index (κ1) is 8.00. The van der Waals surface area contributed by atoms with Crippen LogP contribution < -0.4 is 0 Å². The van der Waals surface area contributed by atoms with E-state index in [4.69, 9.17) is 0 Å². The highest BCUT2D eigenvalue weighted by Gasteiger charge is 1.95. The quantitative estimate of drug-likeness (QED) is 0.532. The number of hydrogen-bond donors (Lipinski definition) is 0. The molecule has 0 fully saturated rings. The molecule has 0 aromatic rings. The molecular weight excluding hydrogens is 96.1 g/mol. The molecule has 0 amide bonds. The van der Waals surface area contributed by atoms with Gasteiger partial charge in [0.15, 0.2) is 0 Å². The van der Waals surface area contributed by atoms with Gasteiger partial charge in [-0.1, -0.05) is 40.5 Å². The normalized spacial score (nSPS) is 11.2. The molecule has 0 atom stereocenters. The van der Waals surface area contributed by atoms with Gasteiger partial charge in [0.25, 0.3) is 0 Å². The van der Waals surface area contributed by atoms with Crippen molar-refractivity contribution in [1.29, 1.82) is 0 Å². The summed E-state index contributed by atoms with van der Waals surface area (Å²) in [6.07, 6.45) is 2.77. The van der Waals surface area contributed by atoms with Crippen LogP contribution in [-0.2, 0) is 0 Å². The zero-order valence-electron chi connectivity index (χ0n) is 6.57. The van der Waals surface area contributed by atoms with Crippen LogP contribution in [0.3, 0.4) is 0 Å². The van der Waals surface area contributed by atoms with Crippen LogP contribution in [0.15, 0.2) is 0 Å². The molecule has 0 bridgehead atoms. The van der Waals surface area contributed by atoms with Crippen LogP contribution in [-0.4, -0.2) is 0 Å². The van der Waals surface area contributed by atoms with Gasteiger partial charge < -0.3 is 0 Å². The average molecular weight is 117 g/mol. The summed E-state index contributed by atoms with van der Waals surface area (Å²) in [6.45, 7) is 9.12. The van der Waals surface area contributed by atoms with Gasteiger partial charge in [0, 0.05) is 1.43 Å². The summed E-state index contributed by atoms with van der Waals surface area (Å²) in [5.41, 5.74) is 0. The Labute approximate surface area is 54.8 Å². The van der Waals surface area contributed by atoms with Crippen LogP contribution in [0.4, 0.5) is 0 Å². The highest BCUT2D eigenvalue weighted by molar-refractivity contribution is 4.48. The van der Waals surface area contributed by atoms with E-state index in [0.29, 0.717) is 0 Å². The SMILES string of the molecule is CC(C)CCC(C)C.[2HH]. The monoisotopic (exact) mass is 117 g/mol. The minimum absolute atomic E-state index is 0. The molecule has 0 saturated heterocycles. The molecule has 0 nitrogen and oxygen atoms in total. The fourth-order valence-corrected chi connectivity index (χ4v) is 0.667. The maximum atomic E-state index is 2.28. The second kappa shape index (κ2) is 3.94. The Morgan fingerprint density at radius 1 is 0.875 bits per heavy atom. The fraction of sp³-hybridized carbons (Fsp3) is 1.00. The van der Waals surface area contributed by atoms with Crippen LogP contribution in [0.2, 0.25) is 0 Å². The van der Waals surface area contributed by atoms with Crippen molar-refractivity contribution >= 4 is 0 Å². The Balaban J connectivity index is 0. The van der Waals surface area contributed by atoms with Crippen LogP contribution >= 0.6 is 0 Å². The second-order valence-electron chi connectivity index (χ2n) is 3.37. The average Bonchev–Trinajstić information content (AvgIpc) is 1.61. The predicted octanol–water partition coefficient (Wildman–Crippen LogP) is 3.32. The Kier molecular flexibility index (Phi) is 3.94. The lowest BCUT2D eigenvalue weighted by atomic mass is 10.0. The minimum atomic E-state index is 0. The second-order valence-corrected chi connectivity index (χ2v) is 3.37. The summed E-state index contributed by atoms with van der Waals surface area (Å²) in [6, 6.07) is 0. The van der Waals surface area contributed by atoms with Gasteiger partial charge in [0.2, 0.25) is 0 Å². The lowest BCUT2D eigenvalue weighted by Gasteiger charge is -2.05. The molecule has 0 aliphatic heterocycles. The third kappa shape index (κ3) is 6.00. The number of hydrogen-bond acceptors (Lipinski definition) is 0. The Bertz CT molecular complexity index is 40.5. The van der Waals surface area contributed by atoms with Crippen LogP contribution in [0.25, 0.3) is 0 Å². The van der Waals surface area contributed by atoms with Crippen molar-refractivity contribution in [2.45, 2.75) is 40.5 Å². The topological polar surface area (TPSA) is 0 Å². The Hall–Kier alpha value is 0. The lowest BCUT2D eigenvalue weighted by Crippen LogP contribution is -1.91. The summed E-state index contributed by atoms with van der Waals surface area (Å²) in [5.74, 6) is 1.77. The van der Waals surface area contributed by atoms with E-state index in [0.717, 1.165) is 11.8 Å². The zero-order chi connectivity index (χ0) is 6.57. The summed E-state index contributed by atoms with van der Waals surface area (Å²) in [5, 5.41) is 0. The first-order valence-electron chi connectivity index (χ1n) is 3.63. The molecular formula is C8H20. The summed E-state index contributed by atoms with van der Waals surface area (Å²) < 4.78 is 0. The molecule has 0 N–H and O–H groups in total. The molecule has 0 rings (SSSR count). The first-order valence-corrected chi connectivity index (χ1v) is 3.63. The molecule has 0 unspecified atom stereocenters. The standard InChI is InChI=1S/C8H18.H2/c1-7(2)5-6-8(3)4;/h7-8H,5-6H2,1-4H3;1H/i;1+1. The van der Waals surface area contributed by atoms with E-state index >= 15 is 0 Å². The van der Waals surface area contributed by atoms with Crippen LogP contribution in [0.5, 0.6) is 0 Å². The predicted molar refractivity (Wildman–Crippen MR) is 41.0 cm³/mol. The maximum Gasteiger partial charge on any atom is 0 e. The summed E-state index contributed by atoms with van der Waals surface area (Å²) >= 11 is 0. The van der Waals surface area contributed by atoms with Crippen molar-refractivity contribution in [3.05, 3.63) is 0 Å². The minimum Gasteiger partial charge on any atom is -0.0628 e. The maximum absolute atomic E-state index is 2.28. The summed E-state index contributed by atoms with van der Waals surface area (Å²) in [7, 11) is 0. The van der Waals surface area contributed by atoms with Crippen molar-refractivity contribution < 1.29 is 1.43 Å². The van der Waals surface area contributed by atoms with Gasteiger partial charge in [0.1, 0.15) is 0 Å². The van der Waals surface area contributed by atoms with Gasteiger partial charge in [-0.3, -0.25) is 0 Å². The molecule has 8 heavy (non-hydrogen) atoms. The van der Waals surface area contributed by atoms with Gasteiger partial charge in [0.05, 0.1) is 0 Å². The van der Waals surface area contributed by atoms with E-state index in [1.54, 1.807) is 0 Å². The van der Waals surface area contributed by atoms with E-state index in [2.05, 4.69) is 27.7 Å². The van der Waals surface area contributed by atoms with Crippen molar-refractivity contribution in [2.24, 2.45) is 11.8 Å². The van der Waals surface area contributed by atoms with Gasteiger partial charge in [-0.05, 0) is 11.8 Å². The lowest BCUT2D eigenvalue weighted by molar-refractivity contribution is 0.476. The highest BCUT2D eigenvalue weighted by atomic mass is 14.0. The van der Waals surface area contributed by atoms with Gasteiger partial charge >= 0.3 is 0 Å². The smallest absolute Gasteiger partial charge is 0 e. The van der Waals surface area contributed by atoms with E-state index in [-0.39, 0.29) is 1.43 Å². The fourth-order valence-electron chi connectivity index (χ4n) is 0.667. The third-order valence-corrected chi connectivity index (χ3v) is 1.32. The van der Waals surface area contributed by atoms with Gasteiger partial charge in [-0.2, -0.15) is 0 Å². The van der Waals surface area contributed by atoms with Crippen molar-refractivity contribution in [3.8, 4) is 0 Å². The van der Waals surface area contributed by atoms with E-state index in [1.165, 1.54) is 12.8 Å². The van der Waals surface area contributed by atoms with Crippen molar-refractivity contribution in [1.82, 2.24) is 0 Å². The molecule has 0 aromatic heterocycles. The van der Waals surface area contributed by atoms with E-state index in [9.17, 15) is 0 Å². The molecule has 0 aliphatic carbocycles. The largest absolute Gasteiger partial charge is 0.0628 e. The molecule has 0 heteroatoms. The Morgan fingerprint density at radius 3 is 1.25 bits per heavy atom. The molecule has 0 saturated carbocycles. The van der Waals surface area contributed by atoms with Crippen molar-refractivity contribution in [3.63, 3.8) is 0 Å². The third-order valence-electron chi connectivity index (χ3n) is 1.32. The Morgan fingerprint density at radius 2 is 1.12 bits per heavy atom. The van der Waals surface area contributed by atoms with Gasteiger partial charge in [-0.25, -0.2) is 0 Å². The molecule has 0 spiro atoms. The van der Waals surface area contributed by atoms with Crippen LogP contribution in [0, 0.1) is 11.8 Å². The molecule has 52 valence electrons. The van der Waals surface area contributed by atoms with E-state index in [1.807, 2.05) is 0 Å². The molecule has 0 aliphatic rings. The highest BCUT2D eigenvalue weighted by Crippen LogP contribution is 2.09. The van der Waals surface area contributed by atoms with Crippen molar-refractivity contribution in [2.75, 3.05) is 0 Å². The molecule has 0 radical (unpaired) electrons. The molecule has 0 heterocycles. The van der Waals surface area contributed by atoms with Gasteiger partial charge in [-0.15, -0.1) is 0 Å². The van der Waals surface area contributed by atoms with Crippen LogP contribution in [0.1, 0.15) is 42.0 Å². The zero-order valence-corrected chi connectivity index (χ0v) is 6.57. The van der Waals surface area contributed by atoms with E-state index < -0.39 is 0 Å². The first-order chi connectivity index (χ1) is 3.63. The molecule has 0 aromatic carbocycles.